The topological polar surface area (TPSA) is 80.9 Å². The summed E-state index contributed by atoms with van der Waals surface area (Å²) in [6.07, 6.45) is 4.98. The number of anilines is 1. The Morgan fingerprint density at radius 2 is 2.06 bits per heavy atom. The van der Waals surface area contributed by atoms with Crippen LogP contribution < -0.4 is 11.1 Å². The monoisotopic (exact) mass is 242 g/mol. The van der Waals surface area contributed by atoms with E-state index >= 15 is 0 Å². The van der Waals surface area contributed by atoms with Crippen molar-refractivity contribution in [2.24, 2.45) is 5.73 Å². The number of aromatic nitrogens is 2. The minimum absolute atomic E-state index is 0.417. The van der Waals surface area contributed by atoms with Crippen molar-refractivity contribution in [2.75, 3.05) is 5.32 Å². The number of carbonyl (C=O) groups is 1. The molecule has 0 spiro atoms. The molecule has 0 aliphatic heterocycles. The van der Waals surface area contributed by atoms with Crippen LogP contribution in [0.15, 0.2) is 36.9 Å². The molecule has 0 atom stereocenters. The highest BCUT2D eigenvalue weighted by atomic mass is 16.1. The number of amides is 1. The fraction of sp³-hybridized carbons (Fsp3) is 0.154. The number of nitrogens with one attached hydrogen (secondary N) is 1. The fourth-order valence-corrected chi connectivity index (χ4v) is 1.71. The fourth-order valence-electron chi connectivity index (χ4n) is 1.71. The first-order chi connectivity index (χ1) is 8.68. The van der Waals surface area contributed by atoms with Gasteiger partial charge in [0.05, 0.1) is 0 Å². The Morgan fingerprint density at radius 1 is 1.33 bits per heavy atom. The maximum absolute atomic E-state index is 11.2. The number of primary amides is 1. The SMILES string of the molecule is Cc1c(NCc2cncnc2)cccc1C(N)=O. The highest BCUT2D eigenvalue weighted by Crippen LogP contribution is 2.19. The van der Waals surface area contributed by atoms with E-state index in [0.717, 1.165) is 16.8 Å². The molecule has 0 fully saturated rings. The number of hydrogen-bond acceptors (Lipinski definition) is 4. The molecule has 2 aromatic rings. The van der Waals surface area contributed by atoms with Gasteiger partial charge >= 0.3 is 0 Å². The third-order valence-electron chi connectivity index (χ3n) is 2.70. The molecule has 1 aromatic heterocycles. The van der Waals surface area contributed by atoms with Crippen LogP contribution in [0.5, 0.6) is 0 Å². The first kappa shape index (κ1) is 12.0. The number of rotatable bonds is 4. The summed E-state index contributed by atoms with van der Waals surface area (Å²) in [5.74, 6) is -0.417. The molecule has 5 heteroatoms. The second-order valence-electron chi connectivity index (χ2n) is 3.94. The largest absolute Gasteiger partial charge is 0.381 e. The van der Waals surface area contributed by atoms with Gasteiger partial charge in [0, 0.05) is 35.8 Å². The molecule has 0 radical (unpaired) electrons. The van der Waals surface area contributed by atoms with E-state index in [1.807, 2.05) is 13.0 Å². The van der Waals surface area contributed by atoms with E-state index in [9.17, 15) is 4.79 Å². The van der Waals surface area contributed by atoms with E-state index in [1.165, 1.54) is 6.33 Å². The van der Waals surface area contributed by atoms with Crippen molar-refractivity contribution in [3.05, 3.63) is 53.6 Å². The van der Waals surface area contributed by atoms with Crippen LogP contribution in [-0.2, 0) is 6.54 Å². The summed E-state index contributed by atoms with van der Waals surface area (Å²) in [6.45, 7) is 2.47. The lowest BCUT2D eigenvalue weighted by molar-refractivity contribution is 0.1000. The molecule has 1 heterocycles. The van der Waals surface area contributed by atoms with E-state index in [2.05, 4.69) is 15.3 Å². The van der Waals surface area contributed by atoms with Crippen LogP contribution in [0.3, 0.4) is 0 Å². The lowest BCUT2D eigenvalue weighted by Crippen LogP contribution is -2.14. The first-order valence-corrected chi connectivity index (χ1v) is 5.55. The van der Waals surface area contributed by atoms with Crippen molar-refractivity contribution in [3.8, 4) is 0 Å². The van der Waals surface area contributed by atoms with E-state index < -0.39 is 5.91 Å². The quantitative estimate of drug-likeness (QED) is 0.851. The summed E-state index contributed by atoms with van der Waals surface area (Å²) in [6, 6.07) is 5.43. The number of hydrogen-bond donors (Lipinski definition) is 2. The molecule has 0 saturated carbocycles. The Kier molecular flexibility index (Phi) is 3.52. The molecule has 2 rings (SSSR count). The minimum atomic E-state index is -0.417. The van der Waals surface area contributed by atoms with Gasteiger partial charge in [-0.3, -0.25) is 4.79 Å². The van der Waals surface area contributed by atoms with Gasteiger partial charge in [-0.25, -0.2) is 9.97 Å². The molecule has 1 amide bonds. The van der Waals surface area contributed by atoms with Crippen LogP contribution in [0.1, 0.15) is 21.5 Å². The Hall–Kier alpha value is -2.43. The number of carbonyl (C=O) groups excluding carboxylic acids is 1. The lowest BCUT2D eigenvalue weighted by atomic mass is 10.1. The molecule has 0 aliphatic carbocycles. The van der Waals surface area contributed by atoms with Gasteiger partial charge in [0.2, 0.25) is 5.91 Å². The Labute approximate surface area is 105 Å². The summed E-state index contributed by atoms with van der Waals surface area (Å²) < 4.78 is 0. The molecule has 5 nitrogen and oxygen atoms in total. The number of benzene rings is 1. The second kappa shape index (κ2) is 5.27. The summed E-state index contributed by atoms with van der Waals surface area (Å²) in [7, 11) is 0. The minimum Gasteiger partial charge on any atom is -0.381 e. The van der Waals surface area contributed by atoms with Gasteiger partial charge in [-0.05, 0) is 24.6 Å². The third-order valence-corrected chi connectivity index (χ3v) is 2.70. The van der Waals surface area contributed by atoms with Crippen LogP contribution in [0, 0.1) is 6.92 Å². The number of nitrogens with zero attached hydrogens (tertiary/aromatic N) is 2. The zero-order valence-electron chi connectivity index (χ0n) is 10.1. The predicted molar refractivity (Wildman–Crippen MR) is 69.1 cm³/mol. The summed E-state index contributed by atoms with van der Waals surface area (Å²) >= 11 is 0. The molecule has 18 heavy (non-hydrogen) atoms. The Morgan fingerprint density at radius 3 is 2.72 bits per heavy atom. The average molecular weight is 242 g/mol. The van der Waals surface area contributed by atoms with Gasteiger partial charge in [0.15, 0.2) is 0 Å². The standard InChI is InChI=1S/C13H14N4O/c1-9-11(13(14)18)3-2-4-12(9)17-7-10-5-15-8-16-6-10/h2-6,8,17H,7H2,1H3,(H2,14,18). The highest BCUT2D eigenvalue weighted by molar-refractivity contribution is 5.95. The maximum atomic E-state index is 11.2. The zero-order chi connectivity index (χ0) is 13.0. The molecule has 0 bridgehead atoms. The van der Waals surface area contributed by atoms with E-state index in [1.54, 1.807) is 24.5 Å². The van der Waals surface area contributed by atoms with Gasteiger partial charge in [-0.1, -0.05) is 6.07 Å². The molecule has 92 valence electrons. The van der Waals surface area contributed by atoms with Gasteiger partial charge in [-0.2, -0.15) is 0 Å². The van der Waals surface area contributed by atoms with Crippen molar-refractivity contribution in [1.82, 2.24) is 9.97 Å². The molecule has 0 unspecified atom stereocenters. The smallest absolute Gasteiger partial charge is 0.249 e. The lowest BCUT2D eigenvalue weighted by Gasteiger charge is -2.11. The van der Waals surface area contributed by atoms with Crippen LogP contribution in [0.4, 0.5) is 5.69 Å². The van der Waals surface area contributed by atoms with E-state index in [-0.39, 0.29) is 0 Å². The highest BCUT2D eigenvalue weighted by Gasteiger charge is 2.07. The van der Waals surface area contributed by atoms with Gasteiger partial charge in [-0.15, -0.1) is 0 Å². The Bertz CT molecular complexity index is 554. The second-order valence-corrected chi connectivity index (χ2v) is 3.94. The Balaban J connectivity index is 2.15. The molecule has 0 aliphatic rings. The molecule has 0 saturated heterocycles. The average Bonchev–Trinajstić information content (AvgIpc) is 2.38. The summed E-state index contributed by atoms with van der Waals surface area (Å²) in [5, 5.41) is 3.24. The molecule has 1 aromatic carbocycles. The van der Waals surface area contributed by atoms with Crippen molar-refractivity contribution >= 4 is 11.6 Å². The first-order valence-electron chi connectivity index (χ1n) is 5.55. The van der Waals surface area contributed by atoms with E-state index in [4.69, 9.17) is 5.73 Å². The zero-order valence-corrected chi connectivity index (χ0v) is 10.1. The van der Waals surface area contributed by atoms with E-state index in [0.29, 0.717) is 12.1 Å². The summed E-state index contributed by atoms with van der Waals surface area (Å²) in [4.78, 5) is 19.1. The van der Waals surface area contributed by atoms with Crippen molar-refractivity contribution in [2.45, 2.75) is 13.5 Å². The van der Waals surface area contributed by atoms with Crippen molar-refractivity contribution in [1.29, 1.82) is 0 Å². The predicted octanol–water partition coefficient (Wildman–Crippen LogP) is 1.50. The van der Waals surface area contributed by atoms with Crippen LogP contribution in [0.2, 0.25) is 0 Å². The van der Waals surface area contributed by atoms with Crippen molar-refractivity contribution < 1.29 is 4.79 Å². The molecular weight excluding hydrogens is 228 g/mol. The maximum Gasteiger partial charge on any atom is 0.249 e. The van der Waals surface area contributed by atoms with Gasteiger partial charge < -0.3 is 11.1 Å². The van der Waals surface area contributed by atoms with Crippen LogP contribution in [-0.4, -0.2) is 15.9 Å². The van der Waals surface area contributed by atoms with Crippen molar-refractivity contribution in [3.63, 3.8) is 0 Å². The van der Waals surface area contributed by atoms with Gasteiger partial charge in [0.25, 0.3) is 0 Å². The van der Waals surface area contributed by atoms with Crippen LogP contribution in [0.25, 0.3) is 0 Å². The van der Waals surface area contributed by atoms with Crippen LogP contribution >= 0.6 is 0 Å². The molecule has 3 N–H and O–H groups in total. The molecular formula is C13H14N4O. The number of nitrogens with two attached hydrogens (primary N) is 1. The third kappa shape index (κ3) is 2.63. The normalized spacial score (nSPS) is 10.1. The summed E-state index contributed by atoms with van der Waals surface area (Å²) in [5.41, 5.74) is 8.54. The van der Waals surface area contributed by atoms with Gasteiger partial charge in [0.1, 0.15) is 6.33 Å².